The first-order valence-corrected chi connectivity index (χ1v) is 13.1. The predicted octanol–water partition coefficient (Wildman–Crippen LogP) is 5.07. The van der Waals surface area contributed by atoms with Gasteiger partial charge >= 0.3 is 5.97 Å². The third-order valence-electron chi connectivity index (χ3n) is 6.07. The maximum absolute atomic E-state index is 12.6. The lowest BCUT2D eigenvalue weighted by Crippen LogP contribution is -2.68. The molecule has 0 spiro atoms. The molecule has 3 nitrogen and oxygen atoms in total. The first-order chi connectivity index (χ1) is 14.2. The van der Waals surface area contributed by atoms with E-state index in [0.29, 0.717) is 0 Å². The molecule has 0 radical (unpaired) electrons. The molecule has 2 atom stereocenters. The van der Waals surface area contributed by atoms with Crippen molar-refractivity contribution in [3.63, 3.8) is 0 Å². The van der Waals surface area contributed by atoms with Crippen LogP contribution in [0, 0.1) is 5.92 Å². The van der Waals surface area contributed by atoms with E-state index < -0.39 is 8.32 Å². The van der Waals surface area contributed by atoms with Crippen molar-refractivity contribution in [2.75, 3.05) is 0 Å². The molecule has 0 bridgehead atoms. The second-order valence-corrected chi connectivity index (χ2v) is 14.0. The van der Waals surface area contributed by atoms with Gasteiger partial charge in [0, 0.05) is 6.10 Å². The highest BCUT2D eigenvalue weighted by Crippen LogP contribution is 2.40. The standard InChI is InChI=1S/C26H36O3Si/c1-20(2)28-25(27)21-13-12-14-22(19-21)29-30(26(3,4)5,23-15-8-6-9-16-23)24-17-10-7-11-18-24/h6-11,15-18,20-22H,12-14,19H2,1-5H3. The fraction of sp³-hybridized carbons (Fsp3) is 0.500. The summed E-state index contributed by atoms with van der Waals surface area (Å²) in [6, 6.07) is 21.4. The molecule has 0 N–H and O–H groups in total. The third kappa shape index (κ3) is 4.87. The smallest absolute Gasteiger partial charge is 0.309 e. The summed E-state index contributed by atoms with van der Waals surface area (Å²) in [5.74, 6) is -0.134. The van der Waals surface area contributed by atoms with Gasteiger partial charge in [-0.05, 0) is 48.5 Å². The normalized spacial score (nSPS) is 20.2. The Kier molecular flexibility index (Phi) is 7.20. The van der Waals surface area contributed by atoms with E-state index in [1.54, 1.807) is 0 Å². The highest BCUT2D eigenvalue weighted by Gasteiger charge is 2.51. The van der Waals surface area contributed by atoms with Crippen LogP contribution in [-0.2, 0) is 14.0 Å². The molecule has 0 saturated heterocycles. The van der Waals surface area contributed by atoms with Crippen LogP contribution in [0.1, 0.15) is 60.3 Å². The Morgan fingerprint density at radius 1 is 0.933 bits per heavy atom. The zero-order chi connectivity index (χ0) is 21.8. The second kappa shape index (κ2) is 9.48. The number of benzene rings is 2. The quantitative estimate of drug-likeness (QED) is 0.479. The van der Waals surface area contributed by atoms with Gasteiger partial charge in [-0.15, -0.1) is 0 Å². The van der Waals surface area contributed by atoms with E-state index in [1.165, 1.54) is 10.4 Å². The van der Waals surface area contributed by atoms with Crippen molar-refractivity contribution in [2.24, 2.45) is 5.92 Å². The lowest BCUT2D eigenvalue weighted by atomic mass is 9.87. The van der Waals surface area contributed by atoms with Gasteiger partial charge in [0.1, 0.15) is 0 Å². The summed E-state index contributed by atoms with van der Waals surface area (Å²) in [6.45, 7) is 10.7. The highest BCUT2D eigenvalue weighted by molar-refractivity contribution is 6.99. The van der Waals surface area contributed by atoms with Crippen LogP contribution in [0.4, 0.5) is 0 Å². The first kappa shape index (κ1) is 22.8. The molecule has 30 heavy (non-hydrogen) atoms. The minimum Gasteiger partial charge on any atom is -0.463 e. The molecule has 1 aliphatic carbocycles. The molecule has 2 aromatic rings. The molecule has 0 heterocycles. The zero-order valence-electron chi connectivity index (χ0n) is 19.1. The molecule has 0 aliphatic heterocycles. The van der Waals surface area contributed by atoms with E-state index in [1.807, 2.05) is 13.8 Å². The topological polar surface area (TPSA) is 35.5 Å². The van der Waals surface area contributed by atoms with E-state index in [2.05, 4.69) is 81.4 Å². The van der Waals surface area contributed by atoms with Crippen LogP contribution in [0.15, 0.2) is 60.7 Å². The molecule has 0 aromatic heterocycles. The monoisotopic (exact) mass is 424 g/mol. The predicted molar refractivity (Wildman–Crippen MR) is 126 cm³/mol. The number of carbonyl (C=O) groups excluding carboxylic acids is 1. The molecule has 2 aromatic carbocycles. The molecule has 1 aliphatic rings. The number of ether oxygens (including phenoxy) is 1. The van der Waals surface area contributed by atoms with Crippen molar-refractivity contribution >= 4 is 24.7 Å². The summed E-state index contributed by atoms with van der Waals surface area (Å²) < 4.78 is 12.8. The van der Waals surface area contributed by atoms with Gasteiger partial charge in [-0.2, -0.15) is 0 Å². The summed E-state index contributed by atoms with van der Waals surface area (Å²) >= 11 is 0. The number of carbonyl (C=O) groups is 1. The Bertz CT molecular complexity index is 772. The average molecular weight is 425 g/mol. The lowest BCUT2D eigenvalue weighted by Gasteiger charge is -2.46. The number of esters is 1. The van der Waals surface area contributed by atoms with E-state index >= 15 is 0 Å². The first-order valence-electron chi connectivity index (χ1n) is 11.2. The van der Waals surface area contributed by atoms with Gasteiger partial charge in [-0.3, -0.25) is 4.79 Å². The van der Waals surface area contributed by atoms with E-state index in [0.717, 1.165) is 25.7 Å². The molecule has 162 valence electrons. The summed E-state index contributed by atoms with van der Waals surface area (Å²) in [5.41, 5.74) is 0. The van der Waals surface area contributed by atoms with Gasteiger partial charge in [-0.1, -0.05) is 87.9 Å². The lowest BCUT2D eigenvalue weighted by molar-refractivity contribution is -0.154. The van der Waals surface area contributed by atoms with E-state index in [4.69, 9.17) is 9.16 Å². The van der Waals surface area contributed by atoms with Crippen LogP contribution in [0.3, 0.4) is 0 Å². The molecular weight excluding hydrogens is 388 g/mol. The van der Waals surface area contributed by atoms with Gasteiger partial charge in [0.2, 0.25) is 0 Å². The fourth-order valence-electron chi connectivity index (χ4n) is 4.74. The van der Waals surface area contributed by atoms with Gasteiger partial charge in [0.25, 0.3) is 8.32 Å². The van der Waals surface area contributed by atoms with Crippen LogP contribution in [0.25, 0.3) is 0 Å². The number of hydrogen-bond acceptors (Lipinski definition) is 3. The SMILES string of the molecule is CC(C)OC(=O)C1CCCC(O[Si](c2ccccc2)(c2ccccc2)C(C)(C)C)C1. The molecule has 1 fully saturated rings. The molecule has 0 amide bonds. The average Bonchev–Trinajstić information content (AvgIpc) is 2.72. The van der Waals surface area contributed by atoms with Crippen molar-refractivity contribution in [1.29, 1.82) is 0 Å². The number of hydrogen-bond donors (Lipinski definition) is 0. The van der Waals surface area contributed by atoms with Crippen molar-refractivity contribution in [3.8, 4) is 0 Å². The summed E-state index contributed by atoms with van der Waals surface area (Å²) in [7, 11) is -2.59. The largest absolute Gasteiger partial charge is 0.463 e. The van der Waals surface area contributed by atoms with E-state index in [9.17, 15) is 4.79 Å². The van der Waals surface area contributed by atoms with Crippen LogP contribution in [0.2, 0.25) is 5.04 Å². The summed E-state index contributed by atoms with van der Waals surface area (Å²) in [5, 5.41) is 2.52. The van der Waals surface area contributed by atoms with Crippen molar-refractivity contribution < 1.29 is 14.0 Å². The van der Waals surface area contributed by atoms with Crippen molar-refractivity contribution in [1.82, 2.24) is 0 Å². The third-order valence-corrected chi connectivity index (χ3v) is 11.2. The highest BCUT2D eigenvalue weighted by atomic mass is 28.4. The van der Waals surface area contributed by atoms with Gasteiger partial charge in [0.15, 0.2) is 0 Å². The number of rotatable bonds is 6. The molecular formula is C26H36O3Si. The zero-order valence-corrected chi connectivity index (χ0v) is 20.1. The summed E-state index contributed by atoms with van der Waals surface area (Å²) in [6.07, 6.45) is 3.63. The molecule has 2 unspecified atom stereocenters. The Hall–Kier alpha value is -1.91. The minimum absolute atomic E-state index is 0.0545. The van der Waals surface area contributed by atoms with Crippen LogP contribution in [0.5, 0.6) is 0 Å². The van der Waals surface area contributed by atoms with Gasteiger partial charge in [-0.25, -0.2) is 0 Å². The second-order valence-electron chi connectivity index (χ2n) is 9.75. The Morgan fingerprint density at radius 2 is 1.47 bits per heavy atom. The minimum atomic E-state index is -2.59. The Morgan fingerprint density at radius 3 is 1.93 bits per heavy atom. The molecule has 1 saturated carbocycles. The molecule has 3 rings (SSSR count). The van der Waals surface area contributed by atoms with Crippen LogP contribution < -0.4 is 10.4 Å². The Balaban J connectivity index is 1.98. The summed E-state index contributed by atoms with van der Waals surface area (Å²) in [4.78, 5) is 12.6. The van der Waals surface area contributed by atoms with Gasteiger partial charge in [0.05, 0.1) is 12.0 Å². The van der Waals surface area contributed by atoms with Crippen LogP contribution >= 0.6 is 0 Å². The van der Waals surface area contributed by atoms with Crippen molar-refractivity contribution in [3.05, 3.63) is 60.7 Å². The van der Waals surface area contributed by atoms with Crippen LogP contribution in [-0.4, -0.2) is 26.5 Å². The molecule has 4 heteroatoms. The maximum Gasteiger partial charge on any atom is 0.309 e. The van der Waals surface area contributed by atoms with Crippen molar-refractivity contribution in [2.45, 2.75) is 77.5 Å². The Labute approximate surface area is 182 Å². The maximum atomic E-state index is 12.6. The van der Waals surface area contributed by atoms with E-state index in [-0.39, 0.29) is 29.1 Å². The van der Waals surface area contributed by atoms with Gasteiger partial charge < -0.3 is 9.16 Å². The fourth-order valence-corrected chi connectivity index (χ4v) is 9.46.